The first-order valence-corrected chi connectivity index (χ1v) is 5.86. The quantitative estimate of drug-likeness (QED) is 0.787. The summed E-state index contributed by atoms with van der Waals surface area (Å²) in [6.07, 6.45) is 3.61. The first-order valence-electron chi connectivity index (χ1n) is 5.86. The smallest absolute Gasteiger partial charge is 0.244 e. The van der Waals surface area contributed by atoms with Gasteiger partial charge in [-0.15, -0.1) is 0 Å². The summed E-state index contributed by atoms with van der Waals surface area (Å²) in [7, 11) is 0. The normalized spacial score (nSPS) is 14.4. The second-order valence-electron chi connectivity index (χ2n) is 4.45. The molecule has 0 aliphatic rings. The van der Waals surface area contributed by atoms with E-state index in [1.807, 2.05) is 6.92 Å². The molecule has 0 bridgehead atoms. The zero-order valence-corrected chi connectivity index (χ0v) is 10.6. The van der Waals surface area contributed by atoms with Gasteiger partial charge in [0.15, 0.2) is 0 Å². The second kappa shape index (κ2) is 6.31. The molecule has 0 aliphatic heterocycles. The van der Waals surface area contributed by atoms with Gasteiger partial charge in [0, 0.05) is 6.08 Å². The van der Waals surface area contributed by atoms with Crippen molar-refractivity contribution in [2.24, 2.45) is 0 Å². The fraction of sp³-hybridized carbons (Fsp3) is 0.357. The molecule has 1 rings (SSSR count). The van der Waals surface area contributed by atoms with Crippen molar-refractivity contribution in [3.8, 4) is 0 Å². The largest absolute Gasteiger partial charge is 0.394 e. The van der Waals surface area contributed by atoms with Crippen molar-refractivity contribution in [2.45, 2.75) is 25.8 Å². The van der Waals surface area contributed by atoms with Gasteiger partial charge in [-0.3, -0.25) is 4.79 Å². The third kappa shape index (κ3) is 4.30. The van der Waals surface area contributed by atoms with Gasteiger partial charge in [0.1, 0.15) is 5.82 Å². The van der Waals surface area contributed by atoms with Crippen LogP contribution in [0.3, 0.4) is 0 Å². The number of amides is 1. The Morgan fingerprint density at radius 2 is 2.06 bits per heavy atom. The minimum Gasteiger partial charge on any atom is -0.394 e. The number of hydrogen-bond acceptors (Lipinski definition) is 2. The molecule has 0 saturated heterocycles. The van der Waals surface area contributed by atoms with Crippen LogP contribution in [0.2, 0.25) is 0 Å². The predicted molar refractivity (Wildman–Crippen MR) is 69.4 cm³/mol. The number of benzene rings is 1. The van der Waals surface area contributed by atoms with Crippen LogP contribution in [-0.2, 0) is 4.79 Å². The summed E-state index contributed by atoms with van der Waals surface area (Å²) in [4.78, 5) is 11.6. The van der Waals surface area contributed by atoms with Gasteiger partial charge in [-0.25, -0.2) is 4.39 Å². The lowest BCUT2D eigenvalue weighted by atomic mass is 10.0. The number of carbonyl (C=O) groups is 1. The third-order valence-electron chi connectivity index (χ3n) is 2.85. The van der Waals surface area contributed by atoms with Crippen LogP contribution in [0.1, 0.15) is 25.8 Å². The van der Waals surface area contributed by atoms with Gasteiger partial charge in [0.25, 0.3) is 0 Å². The highest BCUT2D eigenvalue weighted by molar-refractivity contribution is 5.92. The Labute approximate surface area is 106 Å². The average molecular weight is 251 g/mol. The topological polar surface area (TPSA) is 49.3 Å². The molecule has 0 aliphatic carbocycles. The molecule has 3 nitrogen and oxygen atoms in total. The van der Waals surface area contributed by atoms with E-state index in [-0.39, 0.29) is 18.3 Å². The van der Waals surface area contributed by atoms with Crippen LogP contribution < -0.4 is 5.32 Å². The van der Waals surface area contributed by atoms with E-state index in [9.17, 15) is 9.18 Å². The van der Waals surface area contributed by atoms with Crippen LogP contribution in [0.4, 0.5) is 4.39 Å². The maximum atomic E-state index is 12.7. The Morgan fingerprint density at radius 1 is 1.44 bits per heavy atom. The minimum absolute atomic E-state index is 0.111. The van der Waals surface area contributed by atoms with E-state index in [1.54, 1.807) is 25.1 Å². The summed E-state index contributed by atoms with van der Waals surface area (Å²) in [5.74, 6) is -0.590. The molecular weight excluding hydrogens is 233 g/mol. The first-order chi connectivity index (χ1) is 8.49. The fourth-order valence-corrected chi connectivity index (χ4v) is 1.32. The Balaban J connectivity index is 2.62. The number of halogens is 1. The van der Waals surface area contributed by atoms with Gasteiger partial charge in [-0.05, 0) is 37.1 Å². The summed E-state index contributed by atoms with van der Waals surface area (Å²) in [5.41, 5.74) is 0.137. The van der Waals surface area contributed by atoms with Gasteiger partial charge in [0.2, 0.25) is 5.91 Å². The maximum absolute atomic E-state index is 12.7. The number of carbonyl (C=O) groups excluding carboxylic acids is 1. The third-order valence-corrected chi connectivity index (χ3v) is 2.85. The van der Waals surface area contributed by atoms with Gasteiger partial charge in [-0.1, -0.05) is 19.1 Å². The Morgan fingerprint density at radius 3 is 2.56 bits per heavy atom. The molecule has 1 unspecified atom stereocenters. The van der Waals surface area contributed by atoms with Crippen molar-refractivity contribution in [3.05, 3.63) is 41.7 Å². The molecule has 4 heteroatoms. The van der Waals surface area contributed by atoms with Gasteiger partial charge in [0.05, 0.1) is 12.1 Å². The molecule has 0 heterocycles. The van der Waals surface area contributed by atoms with E-state index in [4.69, 9.17) is 5.11 Å². The fourth-order valence-electron chi connectivity index (χ4n) is 1.32. The summed E-state index contributed by atoms with van der Waals surface area (Å²) >= 11 is 0. The maximum Gasteiger partial charge on any atom is 0.244 e. The van der Waals surface area contributed by atoms with Crippen LogP contribution in [0.15, 0.2) is 30.3 Å². The highest BCUT2D eigenvalue weighted by Crippen LogP contribution is 2.08. The van der Waals surface area contributed by atoms with E-state index < -0.39 is 5.54 Å². The summed E-state index contributed by atoms with van der Waals surface area (Å²) < 4.78 is 12.7. The zero-order valence-electron chi connectivity index (χ0n) is 10.6. The number of hydrogen-bond donors (Lipinski definition) is 2. The number of aliphatic hydroxyl groups is 1. The van der Waals surface area contributed by atoms with Crippen molar-refractivity contribution in [1.82, 2.24) is 5.32 Å². The lowest BCUT2D eigenvalue weighted by Crippen LogP contribution is -2.47. The van der Waals surface area contributed by atoms with Crippen LogP contribution in [0, 0.1) is 5.82 Å². The molecule has 0 radical (unpaired) electrons. The van der Waals surface area contributed by atoms with Crippen molar-refractivity contribution >= 4 is 12.0 Å². The molecule has 1 atom stereocenters. The van der Waals surface area contributed by atoms with Crippen molar-refractivity contribution in [3.63, 3.8) is 0 Å². The van der Waals surface area contributed by atoms with Crippen molar-refractivity contribution in [1.29, 1.82) is 0 Å². The zero-order chi connectivity index (χ0) is 13.6. The second-order valence-corrected chi connectivity index (χ2v) is 4.45. The van der Waals surface area contributed by atoms with Gasteiger partial charge in [-0.2, -0.15) is 0 Å². The van der Waals surface area contributed by atoms with E-state index >= 15 is 0 Å². The molecule has 1 aromatic carbocycles. The molecule has 2 N–H and O–H groups in total. The van der Waals surface area contributed by atoms with Crippen LogP contribution in [0.25, 0.3) is 6.08 Å². The molecule has 18 heavy (non-hydrogen) atoms. The monoisotopic (exact) mass is 251 g/mol. The van der Waals surface area contributed by atoms with Gasteiger partial charge < -0.3 is 10.4 Å². The molecule has 0 fully saturated rings. The molecule has 1 amide bonds. The molecule has 0 saturated carbocycles. The molecule has 1 aromatic rings. The lowest BCUT2D eigenvalue weighted by molar-refractivity contribution is -0.118. The number of nitrogens with one attached hydrogen (secondary N) is 1. The molecular formula is C14H18FNO2. The van der Waals surface area contributed by atoms with Crippen molar-refractivity contribution < 1.29 is 14.3 Å². The van der Waals surface area contributed by atoms with Crippen LogP contribution in [-0.4, -0.2) is 23.2 Å². The van der Waals surface area contributed by atoms with E-state index in [0.717, 1.165) is 5.56 Å². The number of rotatable bonds is 5. The Hall–Kier alpha value is -1.68. The minimum atomic E-state index is -0.607. The van der Waals surface area contributed by atoms with E-state index in [2.05, 4.69) is 5.32 Å². The highest BCUT2D eigenvalue weighted by Gasteiger charge is 2.21. The highest BCUT2D eigenvalue weighted by atomic mass is 19.1. The summed E-state index contributed by atoms with van der Waals surface area (Å²) in [6.45, 7) is 3.55. The predicted octanol–water partition coefficient (Wildman–Crippen LogP) is 2.12. The molecule has 0 spiro atoms. The standard InChI is InChI=1S/C14H18FNO2/c1-3-14(2,10-17)16-13(18)9-6-11-4-7-12(15)8-5-11/h4-9,17H,3,10H2,1-2H3,(H,16,18). The Kier molecular flexibility index (Phi) is 5.04. The summed E-state index contributed by atoms with van der Waals surface area (Å²) in [5, 5.41) is 11.9. The lowest BCUT2D eigenvalue weighted by Gasteiger charge is -2.26. The summed E-state index contributed by atoms with van der Waals surface area (Å²) in [6, 6.07) is 5.84. The van der Waals surface area contributed by atoms with Gasteiger partial charge >= 0.3 is 0 Å². The SMILES string of the molecule is CCC(C)(CO)NC(=O)C=Cc1ccc(F)cc1. The van der Waals surface area contributed by atoms with Crippen LogP contribution in [0.5, 0.6) is 0 Å². The number of aliphatic hydroxyl groups excluding tert-OH is 1. The average Bonchev–Trinajstić information content (AvgIpc) is 2.38. The molecule has 0 aromatic heterocycles. The van der Waals surface area contributed by atoms with E-state index in [0.29, 0.717) is 6.42 Å². The van der Waals surface area contributed by atoms with E-state index in [1.165, 1.54) is 18.2 Å². The Bertz CT molecular complexity index is 422. The first kappa shape index (κ1) is 14.4. The van der Waals surface area contributed by atoms with Crippen LogP contribution >= 0.6 is 0 Å². The molecule has 98 valence electrons. The van der Waals surface area contributed by atoms with Crippen molar-refractivity contribution in [2.75, 3.05) is 6.61 Å².